The van der Waals surface area contributed by atoms with Crippen molar-refractivity contribution >= 4 is 12.0 Å². The Morgan fingerprint density at radius 3 is 2.69 bits per heavy atom. The minimum absolute atomic E-state index is 0.239. The molecule has 0 saturated heterocycles. The number of carbonyl (C=O) groups is 1. The van der Waals surface area contributed by atoms with Gasteiger partial charge in [-0.25, -0.2) is 9.48 Å². The first-order valence-corrected chi connectivity index (χ1v) is 5.15. The molecule has 0 unspecified atom stereocenters. The molecular formula is C11H16N2O3. The molecule has 0 aliphatic rings. The van der Waals surface area contributed by atoms with E-state index in [1.807, 2.05) is 6.92 Å². The summed E-state index contributed by atoms with van der Waals surface area (Å²) < 4.78 is 11.8. The van der Waals surface area contributed by atoms with Crippen LogP contribution in [-0.4, -0.2) is 29.0 Å². The molecule has 5 nitrogen and oxygen atoms in total. The number of carbonyl (C=O) groups excluding carboxylic acids is 1. The Morgan fingerprint density at radius 2 is 2.19 bits per heavy atom. The van der Waals surface area contributed by atoms with Gasteiger partial charge in [-0.15, -0.1) is 0 Å². The summed E-state index contributed by atoms with van der Waals surface area (Å²) in [5, 5.41) is 4.06. The largest absolute Gasteiger partial charge is 0.478 e. The van der Waals surface area contributed by atoms with E-state index in [9.17, 15) is 4.79 Å². The molecule has 1 heterocycles. The van der Waals surface area contributed by atoms with E-state index in [-0.39, 0.29) is 5.69 Å². The minimum Gasteiger partial charge on any atom is -0.478 e. The summed E-state index contributed by atoms with van der Waals surface area (Å²) >= 11 is 0. The van der Waals surface area contributed by atoms with Gasteiger partial charge in [-0.2, -0.15) is 5.10 Å². The van der Waals surface area contributed by atoms with Crippen LogP contribution in [0.25, 0.3) is 6.08 Å². The number of nitrogens with zero attached hydrogens (tertiary/aromatic N) is 2. The van der Waals surface area contributed by atoms with E-state index in [0.29, 0.717) is 24.7 Å². The van der Waals surface area contributed by atoms with Gasteiger partial charge in [0.05, 0.1) is 18.8 Å². The van der Waals surface area contributed by atoms with Crippen LogP contribution in [0.3, 0.4) is 0 Å². The summed E-state index contributed by atoms with van der Waals surface area (Å²) in [6.07, 6.45) is 1.55. The molecule has 0 radical (unpaired) electrons. The lowest BCUT2D eigenvalue weighted by Crippen LogP contribution is -2.07. The van der Waals surface area contributed by atoms with Gasteiger partial charge in [0.25, 0.3) is 0 Å². The van der Waals surface area contributed by atoms with Gasteiger partial charge in [0.2, 0.25) is 5.88 Å². The second kappa shape index (κ2) is 5.34. The lowest BCUT2D eigenvalue weighted by molar-refractivity contribution is 0.0518. The lowest BCUT2D eigenvalue weighted by Gasteiger charge is -2.03. The molecule has 0 bridgehead atoms. The third-order valence-corrected chi connectivity index (χ3v) is 1.98. The van der Waals surface area contributed by atoms with E-state index in [0.717, 1.165) is 0 Å². The Labute approximate surface area is 94.7 Å². The fourth-order valence-corrected chi connectivity index (χ4v) is 1.37. The highest BCUT2D eigenvalue weighted by Gasteiger charge is 2.21. The van der Waals surface area contributed by atoms with Crippen molar-refractivity contribution < 1.29 is 14.3 Å². The molecule has 16 heavy (non-hydrogen) atoms. The fraction of sp³-hybridized carbons (Fsp3) is 0.455. The Hall–Kier alpha value is -1.78. The van der Waals surface area contributed by atoms with Gasteiger partial charge in [-0.1, -0.05) is 12.7 Å². The van der Waals surface area contributed by atoms with E-state index < -0.39 is 5.97 Å². The molecular weight excluding hydrogens is 208 g/mol. The SMILES string of the molecule is C=Cc1c(C(=O)OCC)nn(C)c1OCC. The van der Waals surface area contributed by atoms with Gasteiger partial charge in [-0.3, -0.25) is 0 Å². The van der Waals surface area contributed by atoms with Crippen molar-refractivity contribution in [3.8, 4) is 5.88 Å². The molecule has 0 aromatic carbocycles. The van der Waals surface area contributed by atoms with Crippen LogP contribution in [0.5, 0.6) is 5.88 Å². The summed E-state index contributed by atoms with van der Waals surface area (Å²) in [5.74, 6) is 0.0690. The molecule has 0 spiro atoms. The number of hydrogen-bond acceptors (Lipinski definition) is 4. The number of esters is 1. The van der Waals surface area contributed by atoms with Crippen LogP contribution in [0.15, 0.2) is 6.58 Å². The summed E-state index contributed by atoms with van der Waals surface area (Å²) in [5.41, 5.74) is 0.811. The second-order valence-corrected chi connectivity index (χ2v) is 3.05. The number of rotatable bonds is 5. The molecule has 0 fully saturated rings. The van der Waals surface area contributed by atoms with Gasteiger partial charge < -0.3 is 9.47 Å². The maximum absolute atomic E-state index is 11.6. The van der Waals surface area contributed by atoms with Crippen molar-refractivity contribution in [3.05, 3.63) is 17.8 Å². The van der Waals surface area contributed by atoms with Crippen molar-refractivity contribution in [2.45, 2.75) is 13.8 Å². The zero-order chi connectivity index (χ0) is 12.1. The molecule has 0 N–H and O–H groups in total. The molecule has 0 saturated carbocycles. The zero-order valence-corrected chi connectivity index (χ0v) is 9.82. The van der Waals surface area contributed by atoms with Crippen molar-refractivity contribution in [1.82, 2.24) is 9.78 Å². The van der Waals surface area contributed by atoms with E-state index in [2.05, 4.69) is 11.7 Å². The van der Waals surface area contributed by atoms with Crippen molar-refractivity contribution in [2.75, 3.05) is 13.2 Å². The monoisotopic (exact) mass is 224 g/mol. The highest BCUT2D eigenvalue weighted by molar-refractivity contribution is 5.92. The van der Waals surface area contributed by atoms with Gasteiger partial charge in [0, 0.05) is 7.05 Å². The maximum atomic E-state index is 11.6. The van der Waals surface area contributed by atoms with Crippen LogP contribution >= 0.6 is 0 Å². The lowest BCUT2D eigenvalue weighted by atomic mass is 10.2. The number of hydrogen-bond donors (Lipinski definition) is 0. The molecule has 1 aromatic rings. The van der Waals surface area contributed by atoms with E-state index >= 15 is 0 Å². The van der Waals surface area contributed by atoms with Crippen LogP contribution in [0.2, 0.25) is 0 Å². The first-order chi connectivity index (χ1) is 7.65. The third-order valence-electron chi connectivity index (χ3n) is 1.98. The number of aromatic nitrogens is 2. The van der Waals surface area contributed by atoms with Crippen molar-refractivity contribution in [2.24, 2.45) is 7.05 Å². The summed E-state index contributed by atoms with van der Waals surface area (Å²) in [6, 6.07) is 0. The minimum atomic E-state index is -0.459. The molecule has 0 aliphatic heterocycles. The maximum Gasteiger partial charge on any atom is 0.359 e. The van der Waals surface area contributed by atoms with Crippen LogP contribution in [0, 0.1) is 0 Å². The summed E-state index contributed by atoms with van der Waals surface area (Å²) in [6.45, 7) is 8.08. The molecule has 5 heteroatoms. The summed E-state index contributed by atoms with van der Waals surface area (Å²) in [4.78, 5) is 11.6. The van der Waals surface area contributed by atoms with E-state index in [1.165, 1.54) is 4.68 Å². The Balaban J connectivity index is 3.14. The topological polar surface area (TPSA) is 53.3 Å². The molecule has 1 rings (SSSR count). The Bertz CT molecular complexity index is 396. The smallest absolute Gasteiger partial charge is 0.359 e. The average molecular weight is 224 g/mol. The predicted molar refractivity (Wildman–Crippen MR) is 60.4 cm³/mol. The van der Waals surface area contributed by atoms with Crippen LogP contribution in [-0.2, 0) is 11.8 Å². The summed E-state index contributed by atoms with van der Waals surface area (Å²) in [7, 11) is 1.71. The van der Waals surface area contributed by atoms with Crippen molar-refractivity contribution in [1.29, 1.82) is 0 Å². The van der Waals surface area contributed by atoms with E-state index in [4.69, 9.17) is 9.47 Å². The molecule has 1 aromatic heterocycles. The Kier molecular flexibility index (Phi) is 4.10. The number of ether oxygens (including phenoxy) is 2. The first kappa shape index (κ1) is 12.3. The highest BCUT2D eigenvalue weighted by atomic mass is 16.5. The highest BCUT2D eigenvalue weighted by Crippen LogP contribution is 2.23. The third kappa shape index (κ3) is 2.24. The van der Waals surface area contributed by atoms with Crippen LogP contribution in [0.4, 0.5) is 0 Å². The average Bonchev–Trinajstić information content (AvgIpc) is 2.57. The molecule has 0 aliphatic carbocycles. The van der Waals surface area contributed by atoms with Gasteiger partial charge in [-0.05, 0) is 13.8 Å². The predicted octanol–water partition coefficient (Wildman–Crippen LogP) is 1.64. The van der Waals surface area contributed by atoms with Gasteiger partial charge in [0.15, 0.2) is 5.69 Å². The molecule has 0 atom stereocenters. The van der Waals surface area contributed by atoms with Crippen LogP contribution in [0.1, 0.15) is 29.9 Å². The van der Waals surface area contributed by atoms with Crippen LogP contribution < -0.4 is 4.74 Å². The normalized spacial score (nSPS) is 9.94. The van der Waals surface area contributed by atoms with Gasteiger partial charge >= 0.3 is 5.97 Å². The second-order valence-electron chi connectivity index (χ2n) is 3.05. The van der Waals surface area contributed by atoms with Crippen molar-refractivity contribution in [3.63, 3.8) is 0 Å². The first-order valence-electron chi connectivity index (χ1n) is 5.15. The Morgan fingerprint density at radius 1 is 1.50 bits per heavy atom. The fourth-order valence-electron chi connectivity index (χ4n) is 1.37. The van der Waals surface area contributed by atoms with Gasteiger partial charge in [0.1, 0.15) is 0 Å². The standard InChI is InChI=1S/C11H16N2O3/c1-5-8-9(11(14)16-7-3)12-13(4)10(8)15-6-2/h5H,1,6-7H2,2-4H3. The van der Waals surface area contributed by atoms with E-state index in [1.54, 1.807) is 20.0 Å². The zero-order valence-electron chi connectivity index (χ0n) is 9.82. The number of aryl methyl sites for hydroxylation is 1. The molecule has 0 amide bonds. The quantitative estimate of drug-likeness (QED) is 0.713. The molecule has 88 valence electrons.